The van der Waals surface area contributed by atoms with Gasteiger partial charge in [-0.25, -0.2) is 0 Å². The largest absolute Gasteiger partial charge is 0.315 e. The van der Waals surface area contributed by atoms with Crippen molar-refractivity contribution in [3.63, 3.8) is 0 Å². The second kappa shape index (κ2) is 7.49. The van der Waals surface area contributed by atoms with Crippen molar-refractivity contribution in [2.75, 3.05) is 20.1 Å². The van der Waals surface area contributed by atoms with Crippen LogP contribution < -0.4 is 5.32 Å². The standard InChI is InChI=1S/C15H27N3/c1-12(2)9-16-10-14(4)18(5)11-15-8-6-7-13(3)17-15/h6-8,12,14,16H,9-11H2,1-5H3. The van der Waals surface area contributed by atoms with Crippen molar-refractivity contribution in [1.29, 1.82) is 0 Å². The highest BCUT2D eigenvalue weighted by molar-refractivity contribution is 5.09. The summed E-state index contributed by atoms with van der Waals surface area (Å²) in [5.74, 6) is 0.709. The fourth-order valence-corrected chi connectivity index (χ4v) is 1.84. The quantitative estimate of drug-likeness (QED) is 0.804. The third-order valence-electron chi connectivity index (χ3n) is 3.10. The van der Waals surface area contributed by atoms with Gasteiger partial charge < -0.3 is 5.32 Å². The molecular formula is C15H27N3. The molecule has 1 rings (SSSR count). The lowest BCUT2D eigenvalue weighted by molar-refractivity contribution is 0.238. The van der Waals surface area contributed by atoms with Gasteiger partial charge in [-0.2, -0.15) is 0 Å². The maximum Gasteiger partial charge on any atom is 0.0547 e. The summed E-state index contributed by atoms with van der Waals surface area (Å²) >= 11 is 0. The Labute approximate surface area is 112 Å². The van der Waals surface area contributed by atoms with E-state index in [9.17, 15) is 0 Å². The number of aromatic nitrogens is 1. The Morgan fingerprint density at radius 2 is 1.94 bits per heavy atom. The number of likely N-dealkylation sites (N-methyl/N-ethyl adjacent to an activating group) is 1. The second-order valence-electron chi connectivity index (χ2n) is 5.59. The smallest absolute Gasteiger partial charge is 0.0547 e. The minimum atomic E-state index is 0.520. The van der Waals surface area contributed by atoms with Crippen LogP contribution in [0.4, 0.5) is 0 Å². The maximum atomic E-state index is 4.54. The first-order chi connectivity index (χ1) is 8.49. The lowest BCUT2D eigenvalue weighted by atomic mass is 10.2. The molecule has 0 aromatic carbocycles. The van der Waals surface area contributed by atoms with E-state index in [1.165, 1.54) is 0 Å². The molecule has 0 aliphatic carbocycles. The summed E-state index contributed by atoms with van der Waals surface area (Å²) in [6.07, 6.45) is 0. The van der Waals surface area contributed by atoms with E-state index in [4.69, 9.17) is 0 Å². The molecule has 0 saturated heterocycles. The lowest BCUT2D eigenvalue weighted by Gasteiger charge is -2.25. The summed E-state index contributed by atoms with van der Waals surface area (Å²) in [7, 11) is 2.16. The van der Waals surface area contributed by atoms with Crippen LogP contribution in [0.2, 0.25) is 0 Å². The molecule has 1 heterocycles. The molecule has 1 atom stereocenters. The average molecular weight is 249 g/mol. The molecule has 102 valence electrons. The van der Waals surface area contributed by atoms with Gasteiger partial charge in [0, 0.05) is 24.8 Å². The molecule has 0 spiro atoms. The Kier molecular flexibility index (Phi) is 6.30. The van der Waals surface area contributed by atoms with Crippen LogP contribution in [0.1, 0.15) is 32.2 Å². The van der Waals surface area contributed by atoms with Crippen LogP contribution in [-0.4, -0.2) is 36.1 Å². The average Bonchev–Trinajstić information content (AvgIpc) is 2.28. The van der Waals surface area contributed by atoms with Crippen LogP contribution in [0, 0.1) is 12.8 Å². The van der Waals surface area contributed by atoms with Crippen molar-refractivity contribution < 1.29 is 0 Å². The minimum absolute atomic E-state index is 0.520. The zero-order chi connectivity index (χ0) is 13.5. The van der Waals surface area contributed by atoms with E-state index in [0.717, 1.165) is 31.0 Å². The molecule has 0 fully saturated rings. The van der Waals surface area contributed by atoms with Crippen molar-refractivity contribution in [3.8, 4) is 0 Å². The normalized spacial score (nSPS) is 13.3. The molecule has 0 bridgehead atoms. The van der Waals surface area contributed by atoms with Gasteiger partial charge in [0.1, 0.15) is 0 Å². The van der Waals surface area contributed by atoms with Gasteiger partial charge >= 0.3 is 0 Å². The first-order valence-corrected chi connectivity index (χ1v) is 6.82. The van der Waals surface area contributed by atoms with Crippen molar-refractivity contribution in [2.45, 2.75) is 40.3 Å². The Hall–Kier alpha value is -0.930. The molecule has 0 aliphatic rings. The van der Waals surface area contributed by atoms with Crippen molar-refractivity contribution in [2.24, 2.45) is 5.92 Å². The minimum Gasteiger partial charge on any atom is -0.315 e. The third-order valence-corrected chi connectivity index (χ3v) is 3.10. The van der Waals surface area contributed by atoms with E-state index >= 15 is 0 Å². The SMILES string of the molecule is Cc1cccc(CN(C)C(C)CNCC(C)C)n1. The monoisotopic (exact) mass is 249 g/mol. The highest BCUT2D eigenvalue weighted by atomic mass is 15.1. The Morgan fingerprint density at radius 3 is 2.56 bits per heavy atom. The van der Waals surface area contributed by atoms with Gasteiger partial charge in [0.2, 0.25) is 0 Å². The van der Waals surface area contributed by atoms with E-state index in [2.05, 4.69) is 55.2 Å². The Balaban J connectivity index is 2.37. The van der Waals surface area contributed by atoms with Gasteiger partial charge in [-0.15, -0.1) is 0 Å². The number of aryl methyl sites for hydroxylation is 1. The third kappa shape index (κ3) is 5.61. The van der Waals surface area contributed by atoms with Gasteiger partial charge in [0.15, 0.2) is 0 Å². The molecule has 3 nitrogen and oxygen atoms in total. The number of hydrogen-bond acceptors (Lipinski definition) is 3. The predicted octanol–water partition coefficient (Wildman–Crippen LogP) is 2.46. The van der Waals surface area contributed by atoms with Crippen molar-refractivity contribution >= 4 is 0 Å². The number of pyridine rings is 1. The van der Waals surface area contributed by atoms with E-state index < -0.39 is 0 Å². The fraction of sp³-hybridized carbons (Fsp3) is 0.667. The molecule has 0 amide bonds. The number of hydrogen-bond donors (Lipinski definition) is 1. The first-order valence-electron chi connectivity index (χ1n) is 6.82. The second-order valence-corrected chi connectivity index (χ2v) is 5.59. The highest BCUT2D eigenvalue weighted by Gasteiger charge is 2.10. The van der Waals surface area contributed by atoms with Crippen LogP contribution >= 0.6 is 0 Å². The van der Waals surface area contributed by atoms with Crippen molar-refractivity contribution in [1.82, 2.24) is 15.2 Å². The zero-order valence-corrected chi connectivity index (χ0v) is 12.4. The summed E-state index contributed by atoms with van der Waals surface area (Å²) in [6.45, 7) is 11.8. The fourth-order valence-electron chi connectivity index (χ4n) is 1.84. The first kappa shape index (κ1) is 15.1. The number of nitrogens with one attached hydrogen (secondary N) is 1. The summed E-state index contributed by atoms with van der Waals surface area (Å²) in [6, 6.07) is 6.73. The van der Waals surface area contributed by atoms with Crippen LogP contribution in [0.15, 0.2) is 18.2 Å². The summed E-state index contributed by atoms with van der Waals surface area (Å²) in [5.41, 5.74) is 2.24. The van der Waals surface area contributed by atoms with Crippen LogP contribution in [0.3, 0.4) is 0 Å². The van der Waals surface area contributed by atoms with E-state index in [1.807, 2.05) is 13.0 Å². The molecule has 0 saturated carbocycles. The van der Waals surface area contributed by atoms with Crippen LogP contribution in [0.5, 0.6) is 0 Å². The summed E-state index contributed by atoms with van der Waals surface area (Å²) in [5, 5.41) is 3.50. The number of nitrogens with zero attached hydrogens (tertiary/aromatic N) is 2. The molecular weight excluding hydrogens is 222 g/mol. The lowest BCUT2D eigenvalue weighted by Crippen LogP contribution is -2.38. The Bertz CT molecular complexity index is 349. The van der Waals surface area contributed by atoms with Gasteiger partial charge in [-0.05, 0) is 45.5 Å². The molecule has 0 radical (unpaired) electrons. The van der Waals surface area contributed by atoms with Gasteiger partial charge in [0.05, 0.1) is 5.69 Å². The molecule has 1 aromatic heterocycles. The molecule has 18 heavy (non-hydrogen) atoms. The zero-order valence-electron chi connectivity index (χ0n) is 12.4. The predicted molar refractivity (Wildman–Crippen MR) is 77.6 cm³/mol. The van der Waals surface area contributed by atoms with Crippen LogP contribution in [0.25, 0.3) is 0 Å². The number of rotatable bonds is 7. The molecule has 3 heteroatoms. The maximum absolute atomic E-state index is 4.54. The Morgan fingerprint density at radius 1 is 1.22 bits per heavy atom. The molecule has 1 N–H and O–H groups in total. The van der Waals surface area contributed by atoms with Gasteiger partial charge in [0.25, 0.3) is 0 Å². The molecule has 1 unspecified atom stereocenters. The summed E-state index contributed by atoms with van der Waals surface area (Å²) in [4.78, 5) is 6.88. The topological polar surface area (TPSA) is 28.2 Å². The van der Waals surface area contributed by atoms with E-state index in [0.29, 0.717) is 12.0 Å². The van der Waals surface area contributed by atoms with Crippen LogP contribution in [-0.2, 0) is 6.54 Å². The van der Waals surface area contributed by atoms with E-state index in [1.54, 1.807) is 0 Å². The highest BCUT2D eigenvalue weighted by Crippen LogP contribution is 2.04. The van der Waals surface area contributed by atoms with Gasteiger partial charge in [-0.3, -0.25) is 9.88 Å². The van der Waals surface area contributed by atoms with Crippen molar-refractivity contribution in [3.05, 3.63) is 29.6 Å². The van der Waals surface area contributed by atoms with E-state index in [-0.39, 0.29) is 0 Å². The molecule has 1 aromatic rings. The van der Waals surface area contributed by atoms with Gasteiger partial charge in [-0.1, -0.05) is 19.9 Å². The summed E-state index contributed by atoms with van der Waals surface area (Å²) < 4.78 is 0. The molecule has 0 aliphatic heterocycles.